The first-order valence-corrected chi connectivity index (χ1v) is 7.49. The van der Waals surface area contributed by atoms with Gasteiger partial charge in [0.05, 0.1) is 10.6 Å². The van der Waals surface area contributed by atoms with Crippen molar-refractivity contribution in [1.29, 1.82) is 0 Å². The fourth-order valence-electron chi connectivity index (χ4n) is 2.88. The van der Waals surface area contributed by atoms with Gasteiger partial charge >= 0.3 is 0 Å². The molecule has 1 fully saturated rings. The zero-order valence-corrected chi connectivity index (χ0v) is 13.0. The van der Waals surface area contributed by atoms with Crippen LogP contribution in [0.3, 0.4) is 0 Å². The SMILES string of the molecule is CN(c1ccc([N+](=O)[O-])cc1I)C1CCCC1CN. The Morgan fingerprint density at radius 3 is 2.84 bits per heavy atom. The molecule has 0 heterocycles. The quantitative estimate of drug-likeness (QED) is 0.499. The smallest absolute Gasteiger partial charge is 0.270 e. The third kappa shape index (κ3) is 3.00. The van der Waals surface area contributed by atoms with Crippen LogP contribution in [-0.4, -0.2) is 24.6 Å². The molecular weight excluding hydrogens is 357 g/mol. The number of hydrogen-bond acceptors (Lipinski definition) is 4. The minimum absolute atomic E-state index is 0.142. The second kappa shape index (κ2) is 6.04. The molecule has 1 saturated carbocycles. The molecule has 1 aliphatic rings. The maximum Gasteiger partial charge on any atom is 0.270 e. The van der Waals surface area contributed by atoms with Gasteiger partial charge in [0.15, 0.2) is 0 Å². The molecule has 0 saturated heterocycles. The Hall–Kier alpha value is -0.890. The van der Waals surface area contributed by atoms with Crippen LogP contribution in [0.25, 0.3) is 0 Å². The summed E-state index contributed by atoms with van der Waals surface area (Å²) in [6, 6.07) is 5.48. The van der Waals surface area contributed by atoms with Crippen LogP contribution in [0.2, 0.25) is 0 Å². The summed E-state index contributed by atoms with van der Waals surface area (Å²) in [6.45, 7) is 0.707. The first kappa shape index (κ1) is 14.5. The van der Waals surface area contributed by atoms with Gasteiger partial charge in [-0.15, -0.1) is 0 Å². The number of non-ortho nitro benzene ring substituents is 1. The van der Waals surface area contributed by atoms with Crippen LogP contribution in [-0.2, 0) is 0 Å². The molecule has 2 rings (SSSR count). The number of benzene rings is 1. The van der Waals surface area contributed by atoms with Crippen molar-refractivity contribution in [3.63, 3.8) is 0 Å². The highest BCUT2D eigenvalue weighted by atomic mass is 127. The average molecular weight is 375 g/mol. The van der Waals surface area contributed by atoms with Crippen molar-refractivity contribution in [2.45, 2.75) is 25.3 Å². The van der Waals surface area contributed by atoms with Crippen LogP contribution in [0.5, 0.6) is 0 Å². The fraction of sp³-hybridized carbons (Fsp3) is 0.538. The summed E-state index contributed by atoms with van der Waals surface area (Å²) in [5.41, 5.74) is 7.02. The van der Waals surface area contributed by atoms with Gasteiger partial charge in [0.1, 0.15) is 0 Å². The summed E-state index contributed by atoms with van der Waals surface area (Å²) in [5, 5.41) is 10.8. The molecule has 0 bridgehead atoms. The van der Waals surface area contributed by atoms with Gasteiger partial charge < -0.3 is 10.6 Å². The lowest BCUT2D eigenvalue weighted by Gasteiger charge is -2.31. The molecule has 0 aromatic heterocycles. The van der Waals surface area contributed by atoms with Crippen LogP contribution in [0.1, 0.15) is 19.3 Å². The van der Waals surface area contributed by atoms with E-state index in [-0.39, 0.29) is 10.6 Å². The molecule has 6 heteroatoms. The van der Waals surface area contributed by atoms with Gasteiger partial charge in [-0.25, -0.2) is 0 Å². The van der Waals surface area contributed by atoms with E-state index in [0.29, 0.717) is 18.5 Å². The van der Waals surface area contributed by atoms with Crippen LogP contribution < -0.4 is 10.6 Å². The lowest BCUT2D eigenvalue weighted by Crippen LogP contribution is -2.38. The number of nitro groups is 1. The normalized spacial score (nSPS) is 22.5. The van der Waals surface area contributed by atoms with Crippen molar-refractivity contribution < 1.29 is 4.92 Å². The van der Waals surface area contributed by atoms with Crippen molar-refractivity contribution in [2.75, 3.05) is 18.5 Å². The number of hydrogen-bond donors (Lipinski definition) is 1. The molecule has 2 N–H and O–H groups in total. The molecule has 0 aliphatic heterocycles. The van der Waals surface area contributed by atoms with Gasteiger partial charge in [0, 0.05) is 28.8 Å². The second-order valence-corrected chi connectivity index (χ2v) is 6.16. The third-order valence-electron chi connectivity index (χ3n) is 3.94. The van der Waals surface area contributed by atoms with Crippen molar-refractivity contribution in [2.24, 2.45) is 11.7 Å². The second-order valence-electron chi connectivity index (χ2n) is 5.00. The van der Waals surface area contributed by atoms with Crippen LogP contribution in [0.4, 0.5) is 11.4 Å². The van der Waals surface area contributed by atoms with Crippen molar-refractivity contribution in [1.82, 2.24) is 0 Å². The van der Waals surface area contributed by atoms with Gasteiger partial charge in [-0.1, -0.05) is 6.42 Å². The number of nitrogens with two attached hydrogens (primary N) is 1. The lowest BCUT2D eigenvalue weighted by atomic mass is 10.0. The molecular formula is C13H18IN3O2. The van der Waals surface area contributed by atoms with Crippen LogP contribution in [0.15, 0.2) is 18.2 Å². The molecule has 0 spiro atoms. The molecule has 104 valence electrons. The third-order valence-corrected chi connectivity index (χ3v) is 4.81. The van der Waals surface area contributed by atoms with Crippen molar-refractivity contribution in [3.05, 3.63) is 31.9 Å². The predicted molar refractivity (Wildman–Crippen MR) is 84.4 cm³/mol. The molecule has 2 unspecified atom stereocenters. The minimum atomic E-state index is -0.357. The maximum absolute atomic E-state index is 10.8. The van der Waals surface area contributed by atoms with E-state index in [4.69, 9.17) is 5.73 Å². The lowest BCUT2D eigenvalue weighted by molar-refractivity contribution is -0.384. The van der Waals surface area contributed by atoms with E-state index in [9.17, 15) is 10.1 Å². The van der Waals surface area contributed by atoms with Gasteiger partial charge in [-0.3, -0.25) is 10.1 Å². The monoisotopic (exact) mass is 375 g/mol. The van der Waals surface area contributed by atoms with Crippen molar-refractivity contribution in [3.8, 4) is 0 Å². The number of nitrogens with zero attached hydrogens (tertiary/aromatic N) is 2. The Kier molecular flexibility index (Phi) is 4.62. The highest BCUT2D eigenvalue weighted by Gasteiger charge is 2.30. The molecule has 1 aromatic rings. The average Bonchev–Trinajstić information content (AvgIpc) is 2.85. The fourth-order valence-corrected chi connectivity index (χ4v) is 3.76. The first-order valence-electron chi connectivity index (χ1n) is 6.41. The van der Waals surface area contributed by atoms with Crippen molar-refractivity contribution >= 4 is 34.0 Å². The zero-order chi connectivity index (χ0) is 14.0. The first-order chi connectivity index (χ1) is 9.04. The topological polar surface area (TPSA) is 72.4 Å². The molecule has 19 heavy (non-hydrogen) atoms. The molecule has 0 radical (unpaired) electrons. The summed E-state index contributed by atoms with van der Waals surface area (Å²) in [5.74, 6) is 0.524. The van der Waals surface area contributed by atoms with E-state index in [0.717, 1.165) is 15.7 Å². The molecule has 1 aromatic carbocycles. The highest BCUT2D eigenvalue weighted by Crippen LogP contribution is 2.34. The predicted octanol–water partition coefficient (Wildman–Crippen LogP) is 2.76. The summed E-state index contributed by atoms with van der Waals surface area (Å²) in [7, 11) is 2.06. The summed E-state index contributed by atoms with van der Waals surface area (Å²) in [6.07, 6.45) is 3.53. The maximum atomic E-state index is 10.8. The van der Waals surface area contributed by atoms with Gasteiger partial charge in [0.25, 0.3) is 5.69 Å². The van der Waals surface area contributed by atoms with E-state index < -0.39 is 0 Å². The minimum Gasteiger partial charge on any atom is -0.370 e. The Morgan fingerprint density at radius 2 is 2.26 bits per heavy atom. The highest BCUT2D eigenvalue weighted by molar-refractivity contribution is 14.1. The number of nitro benzene ring substituents is 1. The van der Waals surface area contributed by atoms with E-state index in [1.165, 1.54) is 12.8 Å². The summed E-state index contributed by atoms with van der Waals surface area (Å²) >= 11 is 2.16. The Labute approximate surface area is 126 Å². The standard InChI is InChI=1S/C13H18IN3O2/c1-16(12-4-2-3-9(12)8-15)13-6-5-10(17(18)19)7-11(13)14/h5-7,9,12H,2-4,8,15H2,1H3. The Morgan fingerprint density at radius 1 is 1.53 bits per heavy atom. The van der Waals surface area contributed by atoms with E-state index in [2.05, 4.69) is 34.5 Å². The largest absolute Gasteiger partial charge is 0.370 e. The summed E-state index contributed by atoms with van der Waals surface area (Å²) in [4.78, 5) is 12.6. The molecule has 5 nitrogen and oxygen atoms in total. The van der Waals surface area contributed by atoms with E-state index >= 15 is 0 Å². The number of halogens is 1. The molecule has 1 aliphatic carbocycles. The van der Waals surface area contributed by atoms with Gasteiger partial charge in [0.2, 0.25) is 0 Å². The van der Waals surface area contributed by atoms with E-state index in [1.54, 1.807) is 12.1 Å². The van der Waals surface area contributed by atoms with Crippen LogP contribution in [0, 0.1) is 19.6 Å². The molecule has 0 amide bonds. The Bertz CT molecular complexity index is 481. The van der Waals surface area contributed by atoms with E-state index in [1.807, 2.05) is 6.07 Å². The van der Waals surface area contributed by atoms with Crippen LogP contribution >= 0.6 is 22.6 Å². The van der Waals surface area contributed by atoms with Gasteiger partial charge in [-0.2, -0.15) is 0 Å². The summed E-state index contributed by atoms with van der Waals surface area (Å²) < 4.78 is 0.914. The Balaban J connectivity index is 2.24. The number of anilines is 1. The number of rotatable bonds is 4. The molecule has 2 atom stereocenters. The van der Waals surface area contributed by atoms with Gasteiger partial charge in [-0.05, 0) is 54.0 Å². The zero-order valence-electron chi connectivity index (χ0n) is 10.9.